The van der Waals surface area contributed by atoms with Gasteiger partial charge < -0.3 is 15.5 Å². The lowest BCUT2D eigenvalue weighted by atomic mass is 10.2. The molecule has 1 amide bonds. The smallest absolute Gasteiger partial charge is 0.269 e. The van der Waals surface area contributed by atoms with E-state index in [9.17, 15) is 4.79 Å². The number of aryl methyl sites for hydroxylation is 1. The molecule has 162 valence electrons. The van der Waals surface area contributed by atoms with Crippen LogP contribution in [0.5, 0.6) is 0 Å². The Morgan fingerprint density at radius 3 is 2.58 bits per heavy atom. The number of hydrogen-bond donors (Lipinski definition) is 2. The molecule has 2 N–H and O–H groups in total. The van der Waals surface area contributed by atoms with Gasteiger partial charge in [0.1, 0.15) is 11.4 Å². The van der Waals surface area contributed by atoms with E-state index in [0.717, 1.165) is 19.6 Å². The van der Waals surface area contributed by atoms with Crippen molar-refractivity contribution >= 4 is 40.7 Å². The Morgan fingerprint density at radius 2 is 1.90 bits per heavy atom. The molecule has 1 atom stereocenters. The topological polar surface area (TPSA) is 88.0 Å². The number of nitrogens with zero attached hydrogens (tertiary/aromatic N) is 5. The van der Waals surface area contributed by atoms with E-state index in [1.807, 2.05) is 6.92 Å². The number of carbonyl (C=O) groups excluding carboxylic acids is 1. The minimum Gasteiger partial charge on any atom is -0.347 e. The van der Waals surface area contributed by atoms with Gasteiger partial charge >= 0.3 is 0 Å². The lowest BCUT2D eigenvalue weighted by Gasteiger charge is -2.33. The fraction of sp³-hybridized carbons (Fsp3) is 0.333. The second-order valence-electron chi connectivity index (χ2n) is 7.62. The van der Waals surface area contributed by atoms with Crippen LogP contribution < -0.4 is 10.6 Å². The monoisotopic (exact) mass is 459 g/mol. The van der Waals surface area contributed by atoms with Crippen molar-refractivity contribution in [1.29, 1.82) is 0 Å². The van der Waals surface area contributed by atoms with E-state index in [2.05, 4.69) is 30.6 Å². The molecular formula is C21H23Cl2N7O. The summed E-state index contributed by atoms with van der Waals surface area (Å²) in [6.07, 6.45) is 2.85. The third kappa shape index (κ3) is 5.33. The summed E-state index contributed by atoms with van der Waals surface area (Å²) in [5.74, 6) is 0.214. The van der Waals surface area contributed by atoms with Crippen molar-refractivity contribution in [1.82, 2.24) is 30.0 Å². The summed E-state index contributed by atoms with van der Waals surface area (Å²) in [7, 11) is 1.74. The van der Waals surface area contributed by atoms with Crippen molar-refractivity contribution in [3.8, 4) is 11.4 Å². The number of likely N-dealkylation sites (tertiary alicyclic amines) is 1. The number of carbonyl (C=O) groups is 1. The second kappa shape index (κ2) is 9.21. The van der Waals surface area contributed by atoms with Gasteiger partial charge in [0.25, 0.3) is 5.91 Å². The highest BCUT2D eigenvalue weighted by molar-refractivity contribution is 6.35. The van der Waals surface area contributed by atoms with Gasteiger partial charge in [-0.3, -0.25) is 9.48 Å². The van der Waals surface area contributed by atoms with Gasteiger partial charge in [0, 0.05) is 41.6 Å². The highest BCUT2D eigenvalue weighted by atomic mass is 35.5. The molecule has 8 nitrogen and oxygen atoms in total. The van der Waals surface area contributed by atoms with Crippen molar-refractivity contribution in [3.63, 3.8) is 0 Å². The minimum absolute atomic E-state index is 0.0607. The Balaban J connectivity index is 1.48. The molecule has 3 heterocycles. The van der Waals surface area contributed by atoms with Crippen molar-refractivity contribution in [2.45, 2.75) is 19.4 Å². The van der Waals surface area contributed by atoms with Crippen LogP contribution in [0, 0.1) is 0 Å². The molecule has 1 fully saturated rings. The quantitative estimate of drug-likeness (QED) is 0.559. The molecule has 1 aromatic carbocycles. The van der Waals surface area contributed by atoms with Gasteiger partial charge in [-0.25, -0.2) is 9.97 Å². The lowest BCUT2D eigenvalue weighted by molar-refractivity contribution is 0.0905. The summed E-state index contributed by atoms with van der Waals surface area (Å²) in [6, 6.07) is 8.64. The van der Waals surface area contributed by atoms with Crippen LogP contribution in [0.4, 0.5) is 11.6 Å². The number of nitrogens with one attached hydrogen (secondary N) is 2. The van der Waals surface area contributed by atoms with Crippen LogP contribution in [0.15, 0.2) is 36.5 Å². The Hall–Kier alpha value is -2.68. The van der Waals surface area contributed by atoms with E-state index in [1.165, 1.54) is 6.42 Å². The molecule has 4 rings (SSSR count). The summed E-state index contributed by atoms with van der Waals surface area (Å²) in [5.41, 5.74) is 2.32. The maximum absolute atomic E-state index is 12.7. The molecule has 2 aromatic heterocycles. The minimum atomic E-state index is -0.157. The van der Waals surface area contributed by atoms with E-state index < -0.39 is 0 Å². The number of halogens is 2. The summed E-state index contributed by atoms with van der Waals surface area (Å²) in [6.45, 7) is 5.06. The number of anilines is 2. The highest BCUT2D eigenvalue weighted by Crippen LogP contribution is 2.25. The molecule has 0 aliphatic carbocycles. The number of benzene rings is 1. The van der Waals surface area contributed by atoms with Gasteiger partial charge in [-0.1, -0.05) is 23.2 Å². The van der Waals surface area contributed by atoms with Crippen molar-refractivity contribution in [2.24, 2.45) is 7.05 Å². The van der Waals surface area contributed by atoms with Crippen LogP contribution >= 0.6 is 23.2 Å². The first-order chi connectivity index (χ1) is 14.9. The Kier molecular flexibility index (Phi) is 6.41. The average Bonchev–Trinajstić information content (AvgIpc) is 3.06. The van der Waals surface area contributed by atoms with Crippen LogP contribution in [0.3, 0.4) is 0 Å². The molecule has 1 aliphatic rings. The molecular weight excluding hydrogens is 437 g/mol. The molecule has 31 heavy (non-hydrogen) atoms. The zero-order valence-electron chi connectivity index (χ0n) is 17.3. The number of aromatic nitrogens is 4. The average molecular weight is 460 g/mol. The molecule has 10 heteroatoms. The van der Waals surface area contributed by atoms with Crippen molar-refractivity contribution < 1.29 is 4.79 Å². The first-order valence-corrected chi connectivity index (χ1v) is 10.8. The Bertz CT molecular complexity index is 1080. The van der Waals surface area contributed by atoms with E-state index in [0.29, 0.717) is 38.8 Å². The largest absolute Gasteiger partial charge is 0.347 e. The molecule has 3 aromatic rings. The van der Waals surface area contributed by atoms with Crippen molar-refractivity contribution in [2.75, 3.05) is 25.0 Å². The van der Waals surface area contributed by atoms with Gasteiger partial charge in [-0.05, 0) is 56.8 Å². The third-order valence-corrected chi connectivity index (χ3v) is 5.44. The van der Waals surface area contributed by atoms with E-state index >= 15 is 0 Å². The molecule has 0 saturated carbocycles. The predicted molar refractivity (Wildman–Crippen MR) is 122 cm³/mol. The van der Waals surface area contributed by atoms with Crippen LogP contribution in [-0.2, 0) is 7.05 Å². The van der Waals surface area contributed by atoms with Gasteiger partial charge in [0.05, 0.1) is 5.69 Å². The maximum Gasteiger partial charge on any atom is 0.269 e. The molecule has 0 spiro atoms. The van der Waals surface area contributed by atoms with Crippen LogP contribution in [0.1, 0.15) is 23.8 Å². The number of hydrogen-bond acceptors (Lipinski definition) is 6. The van der Waals surface area contributed by atoms with Gasteiger partial charge in [-0.2, -0.15) is 5.10 Å². The van der Waals surface area contributed by atoms with Gasteiger partial charge in [0.2, 0.25) is 5.95 Å². The standard InChI is InChI=1S/C21H23Cl2N7O/c1-13(12-30-6-3-7-30)25-20(31)19-11-18(28-29(19)2)17-4-5-24-21(27-17)26-16-9-14(22)8-15(23)10-16/h4-5,8-11,13H,3,6-7,12H2,1-2H3,(H,25,31)(H,24,26,27). The maximum atomic E-state index is 12.7. The fourth-order valence-corrected chi connectivity index (χ4v) is 3.94. The summed E-state index contributed by atoms with van der Waals surface area (Å²) >= 11 is 12.1. The third-order valence-electron chi connectivity index (χ3n) is 5.01. The van der Waals surface area contributed by atoms with Crippen LogP contribution in [0.2, 0.25) is 10.0 Å². The molecule has 0 bridgehead atoms. The molecule has 0 radical (unpaired) electrons. The summed E-state index contributed by atoms with van der Waals surface area (Å²) in [5, 5.41) is 11.6. The highest BCUT2D eigenvalue weighted by Gasteiger charge is 2.20. The van der Waals surface area contributed by atoms with Crippen LogP contribution in [-0.4, -0.2) is 56.2 Å². The Labute approximate surface area is 190 Å². The first-order valence-electron chi connectivity index (χ1n) is 10.0. The molecule has 1 unspecified atom stereocenters. The molecule has 1 saturated heterocycles. The normalized spacial score (nSPS) is 14.7. The summed E-state index contributed by atoms with van der Waals surface area (Å²) in [4.78, 5) is 23.8. The molecule has 1 aliphatic heterocycles. The van der Waals surface area contributed by atoms with E-state index in [-0.39, 0.29) is 11.9 Å². The SMILES string of the molecule is CC(CN1CCC1)NC(=O)c1cc(-c2ccnc(Nc3cc(Cl)cc(Cl)c3)n2)nn1C. The number of amides is 1. The van der Waals surface area contributed by atoms with Gasteiger partial charge in [0.15, 0.2) is 0 Å². The van der Waals surface area contributed by atoms with Crippen LogP contribution in [0.25, 0.3) is 11.4 Å². The van der Waals surface area contributed by atoms with E-state index in [1.54, 1.807) is 48.3 Å². The first kappa shape index (κ1) is 21.5. The zero-order valence-corrected chi connectivity index (χ0v) is 18.8. The Morgan fingerprint density at radius 1 is 1.16 bits per heavy atom. The van der Waals surface area contributed by atoms with Gasteiger partial charge in [-0.15, -0.1) is 0 Å². The zero-order chi connectivity index (χ0) is 22.0. The fourth-order valence-electron chi connectivity index (χ4n) is 3.42. The van der Waals surface area contributed by atoms with Crippen molar-refractivity contribution in [3.05, 3.63) is 52.3 Å². The summed E-state index contributed by atoms with van der Waals surface area (Å²) < 4.78 is 1.56. The predicted octanol–water partition coefficient (Wildman–Crippen LogP) is 3.75. The van der Waals surface area contributed by atoms with E-state index in [4.69, 9.17) is 23.2 Å². The second-order valence-corrected chi connectivity index (χ2v) is 8.49. The lowest BCUT2D eigenvalue weighted by Crippen LogP contribution is -2.47. The number of rotatable bonds is 7.